The van der Waals surface area contributed by atoms with Gasteiger partial charge in [0.15, 0.2) is 0 Å². The topological polar surface area (TPSA) is 72.6 Å². The first-order valence-electron chi connectivity index (χ1n) is 5.90. The highest BCUT2D eigenvalue weighted by atomic mass is 32.2. The van der Waals surface area contributed by atoms with E-state index in [0.717, 1.165) is 0 Å². The van der Waals surface area contributed by atoms with Crippen LogP contribution in [0.15, 0.2) is 23.1 Å². The van der Waals surface area contributed by atoms with Crippen LogP contribution >= 0.6 is 0 Å². The van der Waals surface area contributed by atoms with Crippen molar-refractivity contribution in [1.29, 1.82) is 0 Å². The quantitative estimate of drug-likeness (QED) is 0.813. The number of rotatable bonds is 2. The van der Waals surface area contributed by atoms with Gasteiger partial charge in [-0.25, -0.2) is 8.42 Å². The minimum atomic E-state index is -3.47. The average Bonchev–Trinajstić information content (AvgIpc) is 2.32. The lowest BCUT2D eigenvalue weighted by atomic mass is 10.2. The van der Waals surface area contributed by atoms with Gasteiger partial charge in [-0.2, -0.15) is 4.31 Å². The molecule has 1 aliphatic rings. The fourth-order valence-electron chi connectivity index (χ4n) is 2.05. The van der Waals surface area contributed by atoms with Crippen molar-refractivity contribution in [2.45, 2.75) is 24.8 Å². The van der Waals surface area contributed by atoms with E-state index in [0.29, 0.717) is 30.9 Å². The molecular weight excluding hydrogens is 252 g/mol. The zero-order valence-corrected chi connectivity index (χ0v) is 11.4. The molecule has 0 bridgehead atoms. The van der Waals surface area contributed by atoms with E-state index in [9.17, 15) is 8.42 Å². The van der Waals surface area contributed by atoms with Crippen molar-refractivity contribution < 1.29 is 13.2 Å². The summed E-state index contributed by atoms with van der Waals surface area (Å²) in [5, 5.41) is 0. The number of nitrogens with zero attached hydrogens (tertiary/aromatic N) is 1. The van der Waals surface area contributed by atoms with Crippen molar-refractivity contribution in [1.82, 2.24) is 4.31 Å². The lowest BCUT2D eigenvalue weighted by Gasteiger charge is -2.30. The Labute approximate surface area is 108 Å². The Hall–Kier alpha value is -1.11. The number of ether oxygens (including phenoxy) is 1. The summed E-state index contributed by atoms with van der Waals surface area (Å²) in [5.74, 6) is 0. The molecule has 1 saturated heterocycles. The van der Waals surface area contributed by atoms with Crippen molar-refractivity contribution in [3.63, 3.8) is 0 Å². The van der Waals surface area contributed by atoms with Gasteiger partial charge in [-0.1, -0.05) is 6.07 Å². The van der Waals surface area contributed by atoms with E-state index in [2.05, 4.69) is 0 Å². The lowest BCUT2D eigenvalue weighted by molar-refractivity contribution is 0.0102. The summed E-state index contributed by atoms with van der Waals surface area (Å²) in [6, 6.07) is 4.97. The number of nitrogens with two attached hydrogens (primary N) is 1. The normalized spacial score (nSPS) is 22.0. The van der Waals surface area contributed by atoms with Crippen LogP contribution < -0.4 is 5.73 Å². The fraction of sp³-hybridized carbons (Fsp3) is 0.500. The molecule has 2 N–H and O–H groups in total. The third-order valence-electron chi connectivity index (χ3n) is 3.15. The highest BCUT2D eigenvalue weighted by molar-refractivity contribution is 7.89. The van der Waals surface area contributed by atoms with Gasteiger partial charge in [0.1, 0.15) is 0 Å². The highest BCUT2D eigenvalue weighted by Crippen LogP contribution is 2.25. The van der Waals surface area contributed by atoms with Crippen molar-refractivity contribution in [2.75, 3.05) is 25.4 Å². The largest absolute Gasteiger partial charge is 0.398 e. The Morgan fingerprint density at radius 3 is 2.83 bits per heavy atom. The molecule has 1 atom stereocenters. The van der Waals surface area contributed by atoms with Crippen LogP contribution in [-0.2, 0) is 14.8 Å². The van der Waals surface area contributed by atoms with Crippen LogP contribution in [0.3, 0.4) is 0 Å². The average molecular weight is 270 g/mol. The molecular formula is C12H18N2O3S. The molecule has 2 rings (SSSR count). The van der Waals surface area contributed by atoms with E-state index in [1.165, 1.54) is 4.31 Å². The molecule has 5 nitrogen and oxygen atoms in total. The van der Waals surface area contributed by atoms with Crippen LogP contribution in [-0.4, -0.2) is 38.5 Å². The van der Waals surface area contributed by atoms with Crippen molar-refractivity contribution in [2.24, 2.45) is 0 Å². The van der Waals surface area contributed by atoms with Crippen molar-refractivity contribution >= 4 is 15.7 Å². The molecule has 1 heterocycles. The zero-order chi connectivity index (χ0) is 13.3. The molecule has 0 saturated carbocycles. The number of hydrogen-bond donors (Lipinski definition) is 1. The summed E-state index contributed by atoms with van der Waals surface area (Å²) in [4.78, 5) is 0.289. The van der Waals surface area contributed by atoms with Gasteiger partial charge in [0.25, 0.3) is 0 Å². The van der Waals surface area contributed by atoms with Gasteiger partial charge in [0.05, 0.1) is 17.6 Å². The van der Waals surface area contributed by atoms with Crippen LogP contribution in [0.5, 0.6) is 0 Å². The predicted octanol–water partition coefficient (Wildman–Crippen LogP) is 0.987. The van der Waals surface area contributed by atoms with Crippen LogP contribution in [0, 0.1) is 6.92 Å². The first-order chi connectivity index (χ1) is 8.43. The maximum Gasteiger partial charge on any atom is 0.243 e. The molecule has 0 spiro atoms. The molecule has 1 unspecified atom stereocenters. The smallest absolute Gasteiger partial charge is 0.243 e. The Kier molecular flexibility index (Phi) is 3.61. The van der Waals surface area contributed by atoms with E-state index < -0.39 is 10.0 Å². The summed E-state index contributed by atoms with van der Waals surface area (Å²) in [6.45, 7) is 4.80. The Bertz CT molecular complexity index is 542. The molecule has 0 aromatic heterocycles. The third-order valence-corrected chi connectivity index (χ3v) is 5.16. The van der Waals surface area contributed by atoms with E-state index in [4.69, 9.17) is 10.5 Å². The number of hydrogen-bond acceptors (Lipinski definition) is 4. The maximum absolute atomic E-state index is 12.5. The minimum absolute atomic E-state index is 0.0742. The Morgan fingerprint density at radius 2 is 2.17 bits per heavy atom. The number of anilines is 1. The Balaban J connectivity index is 2.39. The number of sulfonamides is 1. The fourth-order valence-corrected chi connectivity index (χ4v) is 3.81. The highest BCUT2D eigenvalue weighted by Gasteiger charge is 2.30. The number of benzene rings is 1. The summed E-state index contributed by atoms with van der Waals surface area (Å²) in [6.07, 6.45) is -0.0742. The summed E-state index contributed by atoms with van der Waals surface area (Å²) in [7, 11) is -3.47. The molecule has 0 amide bonds. The first-order valence-corrected chi connectivity index (χ1v) is 7.34. The molecule has 0 aliphatic carbocycles. The predicted molar refractivity (Wildman–Crippen MR) is 69.8 cm³/mol. The number of morpholine rings is 1. The molecule has 100 valence electrons. The molecule has 1 aliphatic heterocycles. The lowest BCUT2D eigenvalue weighted by Crippen LogP contribution is -2.44. The van der Waals surface area contributed by atoms with E-state index in [-0.39, 0.29) is 11.0 Å². The third kappa shape index (κ3) is 2.36. The van der Waals surface area contributed by atoms with Gasteiger partial charge in [-0.3, -0.25) is 0 Å². The maximum atomic E-state index is 12.5. The molecule has 1 aromatic carbocycles. The summed E-state index contributed by atoms with van der Waals surface area (Å²) >= 11 is 0. The van der Waals surface area contributed by atoms with Crippen molar-refractivity contribution in [3.05, 3.63) is 23.8 Å². The van der Waals surface area contributed by atoms with Crippen LogP contribution in [0.25, 0.3) is 0 Å². The van der Waals surface area contributed by atoms with Gasteiger partial charge in [0.2, 0.25) is 10.0 Å². The second kappa shape index (κ2) is 4.87. The van der Waals surface area contributed by atoms with Crippen molar-refractivity contribution in [3.8, 4) is 0 Å². The second-order valence-corrected chi connectivity index (χ2v) is 6.42. The van der Waals surface area contributed by atoms with E-state index in [1.807, 2.05) is 6.92 Å². The molecule has 0 radical (unpaired) electrons. The van der Waals surface area contributed by atoms with Crippen LogP contribution in [0.2, 0.25) is 0 Å². The van der Waals surface area contributed by atoms with Gasteiger partial charge in [-0.05, 0) is 31.5 Å². The van der Waals surface area contributed by atoms with E-state index in [1.54, 1.807) is 25.1 Å². The summed E-state index contributed by atoms with van der Waals surface area (Å²) in [5.41, 5.74) is 6.87. The van der Waals surface area contributed by atoms with Crippen LogP contribution in [0.4, 0.5) is 5.69 Å². The molecule has 1 aromatic rings. The SMILES string of the molecule is Cc1c(N)cccc1S(=O)(=O)N1CCOC(C)C1. The second-order valence-electron chi connectivity index (χ2n) is 4.51. The van der Waals surface area contributed by atoms with E-state index >= 15 is 0 Å². The monoisotopic (exact) mass is 270 g/mol. The van der Waals surface area contributed by atoms with Gasteiger partial charge < -0.3 is 10.5 Å². The minimum Gasteiger partial charge on any atom is -0.398 e. The standard InChI is InChI=1S/C12H18N2O3S/c1-9-8-14(6-7-17-9)18(15,16)12-5-3-4-11(13)10(12)2/h3-5,9H,6-8,13H2,1-2H3. The summed E-state index contributed by atoms with van der Waals surface area (Å²) < 4.78 is 31.9. The van der Waals surface area contributed by atoms with Crippen LogP contribution in [0.1, 0.15) is 12.5 Å². The Morgan fingerprint density at radius 1 is 1.44 bits per heavy atom. The van der Waals surface area contributed by atoms with Gasteiger partial charge >= 0.3 is 0 Å². The zero-order valence-electron chi connectivity index (χ0n) is 10.6. The number of nitrogen functional groups attached to an aromatic ring is 1. The van der Waals surface area contributed by atoms with Gasteiger partial charge in [-0.15, -0.1) is 0 Å². The molecule has 1 fully saturated rings. The van der Waals surface area contributed by atoms with Gasteiger partial charge in [0, 0.05) is 18.8 Å². The molecule has 6 heteroatoms. The molecule has 18 heavy (non-hydrogen) atoms. The first kappa shape index (κ1) is 13.3.